The molecule has 0 amide bonds. The quantitative estimate of drug-likeness (QED) is 0.677. The number of nitrogens with zero attached hydrogens (tertiary/aromatic N) is 2. The van der Waals surface area contributed by atoms with Gasteiger partial charge in [-0.3, -0.25) is 0 Å². The number of ether oxygens (including phenoxy) is 1. The lowest BCUT2D eigenvalue weighted by Crippen LogP contribution is -2.09. The van der Waals surface area contributed by atoms with Crippen molar-refractivity contribution in [2.75, 3.05) is 12.4 Å². The monoisotopic (exact) mass is 395 g/mol. The van der Waals surface area contributed by atoms with E-state index in [0.29, 0.717) is 9.99 Å². The van der Waals surface area contributed by atoms with Gasteiger partial charge in [-0.1, -0.05) is 15.9 Å². The number of methoxy groups -OCH3 is 1. The number of fused-ring (bicyclic) bond motifs is 1. The number of hydrogen-bond donors (Lipinski definition) is 1. The fourth-order valence-electron chi connectivity index (χ4n) is 2.34. The van der Waals surface area contributed by atoms with Gasteiger partial charge in [0.05, 0.1) is 35.9 Å². The molecule has 3 rings (SSSR count). The maximum absolute atomic E-state index is 14.9. The molecule has 1 aromatic heterocycles. The van der Waals surface area contributed by atoms with Crippen LogP contribution in [0.1, 0.15) is 10.4 Å². The fourth-order valence-corrected chi connectivity index (χ4v) is 2.68. The van der Waals surface area contributed by atoms with Crippen LogP contribution >= 0.6 is 15.9 Å². The van der Waals surface area contributed by atoms with Gasteiger partial charge in [0, 0.05) is 11.5 Å². The van der Waals surface area contributed by atoms with E-state index >= 15 is 0 Å². The third-order valence-electron chi connectivity index (χ3n) is 3.56. The first kappa shape index (κ1) is 16.4. The molecule has 3 aromatic rings. The van der Waals surface area contributed by atoms with Crippen molar-refractivity contribution in [2.24, 2.45) is 7.05 Å². The lowest BCUT2D eigenvalue weighted by molar-refractivity contribution is 0.0601. The molecule has 0 unspecified atom stereocenters. The van der Waals surface area contributed by atoms with Gasteiger partial charge in [-0.15, -0.1) is 0 Å². The smallest absolute Gasteiger partial charge is 0.340 e. The predicted octanol–water partition coefficient (Wildman–Crippen LogP) is 4.14. The van der Waals surface area contributed by atoms with Gasteiger partial charge in [-0.2, -0.15) is 0 Å². The SMILES string of the molecule is COC(=O)c1cc2c(ncn2C)c(F)c1Nc1ccc(Br)cc1F. The summed E-state index contributed by atoms with van der Waals surface area (Å²) in [7, 11) is 2.87. The highest BCUT2D eigenvalue weighted by Gasteiger charge is 2.22. The summed E-state index contributed by atoms with van der Waals surface area (Å²) in [6.45, 7) is 0. The van der Waals surface area contributed by atoms with E-state index in [2.05, 4.69) is 26.2 Å². The van der Waals surface area contributed by atoms with Crippen LogP contribution in [0.3, 0.4) is 0 Å². The molecule has 0 saturated heterocycles. The van der Waals surface area contributed by atoms with E-state index in [9.17, 15) is 13.6 Å². The van der Waals surface area contributed by atoms with Gasteiger partial charge in [0.15, 0.2) is 5.82 Å². The van der Waals surface area contributed by atoms with Gasteiger partial charge in [-0.05, 0) is 24.3 Å². The summed E-state index contributed by atoms with van der Waals surface area (Å²) in [5.74, 6) is -2.09. The fraction of sp³-hybridized carbons (Fsp3) is 0.125. The van der Waals surface area contributed by atoms with E-state index in [0.717, 1.165) is 0 Å². The first-order valence-corrected chi connectivity index (χ1v) is 7.65. The second-order valence-corrected chi connectivity index (χ2v) is 5.99. The Labute approximate surface area is 144 Å². The molecule has 0 saturated carbocycles. The van der Waals surface area contributed by atoms with Crippen LogP contribution in [0.2, 0.25) is 0 Å². The van der Waals surface area contributed by atoms with Crippen LogP contribution < -0.4 is 5.32 Å². The van der Waals surface area contributed by atoms with Crippen molar-refractivity contribution in [2.45, 2.75) is 0 Å². The molecule has 0 fully saturated rings. The number of aromatic nitrogens is 2. The Balaban J connectivity index is 2.21. The minimum absolute atomic E-state index is 0.0255. The standard InChI is InChI=1S/C16H12BrF2N3O2/c1-22-7-20-15-12(22)6-9(16(23)24-2)14(13(15)19)21-11-4-3-8(17)5-10(11)18/h3-7,21H,1-2H3. The summed E-state index contributed by atoms with van der Waals surface area (Å²) in [6, 6.07) is 5.72. The normalized spacial score (nSPS) is 10.9. The average molecular weight is 396 g/mol. The number of carbonyl (C=O) groups is 1. The maximum Gasteiger partial charge on any atom is 0.340 e. The average Bonchev–Trinajstić information content (AvgIpc) is 2.92. The van der Waals surface area contributed by atoms with Crippen molar-refractivity contribution in [3.63, 3.8) is 0 Å². The predicted molar refractivity (Wildman–Crippen MR) is 89.4 cm³/mol. The molecule has 124 valence electrons. The lowest BCUT2D eigenvalue weighted by Gasteiger charge is -2.13. The number of benzene rings is 2. The number of halogens is 3. The Morgan fingerprint density at radius 1 is 1.33 bits per heavy atom. The molecule has 1 N–H and O–H groups in total. The van der Waals surface area contributed by atoms with Gasteiger partial charge >= 0.3 is 5.97 Å². The maximum atomic E-state index is 14.9. The zero-order chi connectivity index (χ0) is 17.4. The molecule has 0 spiro atoms. The number of hydrogen-bond acceptors (Lipinski definition) is 4. The molecular formula is C16H12BrF2N3O2. The van der Waals surface area contributed by atoms with Gasteiger partial charge in [0.1, 0.15) is 11.3 Å². The first-order chi connectivity index (χ1) is 11.4. The van der Waals surface area contributed by atoms with E-state index in [1.807, 2.05) is 0 Å². The first-order valence-electron chi connectivity index (χ1n) is 6.86. The number of anilines is 2. The molecule has 0 aliphatic heterocycles. The van der Waals surface area contributed by atoms with Crippen molar-refractivity contribution in [1.29, 1.82) is 0 Å². The number of aryl methyl sites for hydroxylation is 1. The summed E-state index contributed by atoms with van der Waals surface area (Å²) >= 11 is 3.15. The van der Waals surface area contributed by atoms with Crippen molar-refractivity contribution in [3.8, 4) is 0 Å². The Hall–Kier alpha value is -2.48. The number of carbonyl (C=O) groups excluding carboxylic acids is 1. The molecule has 8 heteroatoms. The zero-order valence-corrected chi connectivity index (χ0v) is 14.3. The van der Waals surface area contributed by atoms with Crippen LogP contribution in [0.4, 0.5) is 20.2 Å². The van der Waals surface area contributed by atoms with E-state index in [4.69, 9.17) is 4.74 Å². The molecule has 0 aliphatic carbocycles. The molecule has 0 bridgehead atoms. The van der Waals surface area contributed by atoms with E-state index in [-0.39, 0.29) is 22.5 Å². The molecule has 0 aliphatic rings. The largest absolute Gasteiger partial charge is 0.465 e. The Bertz CT molecular complexity index is 956. The van der Waals surface area contributed by atoms with Crippen molar-refractivity contribution < 1.29 is 18.3 Å². The molecule has 2 aromatic carbocycles. The lowest BCUT2D eigenvalue weighted by atomic mass is 10.1. The second-order valence-electron chi connectivity index (χ2n) is 5.08. The highest BCUT2D eigenvalue weighted by molar-refractivity contribution is 9.10. The number of nitrogens with one attached hydrogen (secondary N) is 1. The second kappa shape index (κ2) is 6.20. The highest BCUT2D eigenvalue weighted by atomic mass is 79.9. The summed E-state index contributed by atoms with van der Waals surface area (Å²) < 4.78 is 35.7. The van der Waals surface area contributed by atoms with Crippen LogP contribution in [0.25, 0.3) is 11.0 Å². The third-order valence-corrected chi connectivity index (χ3v) is 4.05. The third kappa shape index (κ3) is 2.73. The minimum Gasteiger partial charge on any atom is -0.465 e. The molecule has 5 nitrogen and oxygen atoms in total. The Morgan fingerprint density at radius 2 is 2.08 bits per heavy atom. The van der Waals surface area contributed by atoms with Crippen LogP contribution in [0, 0.1) is 11.6 Å². The molecule has 0 radical (unpaired) electrons. The van der Waals surface area contributed by atoms with Crippen LogP contribution in [0.15, 0.2) is 35.1 Å². The van der Waals surface area contributed by atoms with Gasteiger partial charge < -0.3 is 14.6 Å². The molecule has 1 heterocycles. The van der Waals surface area contributed by atoms with Crippen molar-refractivity contribution in [1.82, 2.24) is 9.55 Å². The van der Waals surface area contributed by atoms with Crippen molar-refractivity contribution >= 4 is 44.3 Å². The molecule has 24 heavy (non-hydrogen) atoms. The Morgan fingerprint density at radius 3 is 2.75 bits per heavy atom. The highest BCUT2D eigenvalue weighted by Crippen LogP contribution is 2.32. The summed E-state index contributed by atoms with van der Waals surface area (Å²) in [5, 5.41) is 2.63. The molecule has 0 atom stereocenters. The summed E-state index contributed by atoms with van der Waals surface area (Å²) in [4.78, 5) is 16.0. The van der Waals surface area contributed by atoms with Crippen molar-refractivity contribution in [3.05, 3.63) is 52.3 Å². The number of esters is 1. The molecular weight excluding hydrogens is 384 g/mol. The van der Waals surface area contributed by atoms with Crippen LogP contribution in [0.5, 0.6) is 0 Å². The number of rotatable bonds is 3. The number of imidazole rings is 1. The topological polar surface area (TPSA) is 56.1 Å². The van der Waals surface area contributed by atoms with E-state index in [1.54, 1.807) is 17.7 Å². The Kier molecular flexibility index (Phi) is 4.23. The van der Waals surface area contributed by atoms with Crippen LogP contribution in [-0.2, 0) is 11.8 Å². The zero-order valence-electron chi connectivity index (χ0n) is 12.7. The summed E-state index contributed by atoms with van der Waals surface area (Å²) in [5.41, 5.74) is 0.292. The summed E-state index contributed by atoms with van der Waals surface area (Å²) in [6.07, 6.45) is 1.43. The van der Waals surface area contributed by atoms with Crippen LogP contribution in [-0.4, -0.2) is 22.6 Å². The van der Waals surface area contributed by atoms with Gasteiger partial charge in [-0.25, -0.2) is 18.6 Å². The van der Waals surface area contributed by atoms with Gasteiger partial charge in [0.25, 0.3) is 0 Å². The van der Waals surface area contributed by atoms with E-state index < -0.39 is 17.6 Å². The van der Waals surface area contributed by atoms with E-state index in [1.165, 1.54) is 31.6 Å². The van der Waals surface area contributed by atoms with Gasteiger partial charge in [0.2, 0.25) is 0 Å². The minimum atomic E-state index is -0.754.